The van der Waals surface area contributed by atoms with Crippen LogP contribution in [0.15, 0.2) is 4.99 Å². The number of morpholine rings is 1. The van der Waals surface area contributed by atoms with Gasteiger partial charge < -0.3 is 9.64 Å². The summed E-state index contributed by atoms with van der Waals surface area (Å²) in [5, 5.41) is 0. The van der Waals surface area contributed by atoms with E-state index in [4.69, 9.17) is 10.6 Å². The quantitative estimate of drug-likeness (QED) is 0.279. The molecule has 2 unspecified atom stereocenters. The maximum absolute atomic E-state index is 5.57. The molecule has 0 spiro atoms. The number of hydrogen-bond acceptors (Lipinski definition) is 3. The third-order valence-electron chi connectivity index (χ3n) is 2.86. The van der Waals surface area contributed by atoms with Gasteiger partial charge in [0.15, 0.2) is 0 Å². The summed E-state index contributed by atoms with van der Waals surface area (Å²) in [6.45, 7) is 5.80. The van der Waals surface area contributed by atoms with Crippen LogP contribution in [0.25, 0.3) is 0 Å². The predicted octanol–water partition coefficient (Wildman–Crippen LogP) is 0.0773. The number of guanidine groups is 1. The average Bonchev–Trinajstić information content (AvgIpc) is 3.02. The van der Waals surface area contributed by atoms with Crippen LogP contribution in [0.4, 0.5) is 0 Å². The number of nitrogens with zero attached hydrogens (tertiary/aromatic N) is 2. The Bertz CT molecular complexity index is 252. The molecule has 1 aliphatic carbocycles. The molecule has 1 aliphatic heterocycles. The van der Waals surface area contributed by atoms with Crippen LogP contribution in [-0.4, -0.2) is 42.2 Å². The number of hydrazine groups is 1. The second kappa shape index (κ2) is 4.37. The Balaban J connectivity index is 2.04. The molecule has 0 aromatic heterocycles. The van der Waals surface area contributed by atoms with E-state index in [2.05, 4.69) is 29.2 Å². The van der Waals surface area contributed by atoms with Crippen LogP contribution in [0.5, 0.6) is 0 Å². The van der Waals surface area contributed by atoms with Gasteiger partial charge in [-0.3, -0.25) is 5.43 Å². The fourth-order valence-corrected chi connectivity index (χ4v) is 1.77. The molecule has 3 N–H and O–H groups in total. The SMILES string of the molecule is CC1CN(C(=NC2CC2)NN)C(C)CO1. The lowest BCUT2D eigenvalue weighted by Crippen LogP contribution is -2.55. The van der Waals surface area contributed by atoms with Gasteiger partial charge >= 0.3 is 0 Å². The highest BCUT2D eigenvalue weighted by atomic mass is 16.5. The van der Waals surface area contributed by atoms with Crippen LogP contribution >= 0.6 is 0 Å². The average molecular weight is 212 g/mol. The second-order valence-corrected chi connectivity index (χ2v) is 4.47. The first-order valence-electron chi connectivity index (χ1n) is 5.63. The first-order valence-corrected chi connectivity index (χ1v) is 5.63. The topological polar surface area (TPSA) is 62.9 Å². The highest BCUT2D eigenvalue weighted by Crippen LogP contribution is 2.24. The number of nitrogens with two attached hydrogens (primary N) is 1. The first-order chi connectivity index (χ1) is 7.20. The van der Waals surface area contributed by atoms with Crippen molar-refractivity contribution in [3.05, 3.63) is 0 Å². The van der Waals surface area contributed by atoms with Crippen LogP contribution in [0.1, 0.15) is 26.7 Å². The maximum Gasteiger partial charge on any atom is 0.209 e. The summed E-state index contributed by atoms with van der Waals surface area (Å²) in [6, 6.07) is 0.830. The molecule has 0 radical (unpaired) electrons. The number of rotatable bonds is 1. The zero-order valence-corrected chi connectivity index (χ0v) is 9.44. The molecule has 5 nitrogen and oxygen atoms in total. The monoisotopic (exact) mass is 212 g/mol. The smallest absolute Gasteiger partial charge is 0.209 e. The Hall–Kier alpha value is -0.810. The lowest BCUT2D eigenvalue weighted by atomic mass is 10.2. The molecular formula is C10H20N4O. The van der Waals surface area contributed by atoms with Crippen LogP contribution in [0.2, 0.25) is 0 Å². The third kappa shape index (κ3) is 2.60. The largest absolute Gasteiger partial charge is 0.375 e. The molecule has 0 amide bonds. The zero-order valence-electron chi connectivity index (χ0n) is 9.44. The number of hydrogen-bond donors (Lipinski definition) is 2. The van der Waals surface area contributed by atoms with E-state index in [1.165, 1.54) is 12.8 Å². The van der Waals surface area contributed by atoms with E-state index in [0.717, 1.165) is 19.1 Å². The maximum atomic E-state index is 5.57. The van der Waals surface area contributed by atoms with Gasteiger partial charge in [-0.25, -0.2) is 10.8 Å². The van der Waals surface area contributed by atoms with Crippen molar-refractivity contribution in [3.8, 4) is 0 Å². The lowest BCUT2D eigenvalue weighted by molar-refractivity contribution is -0.0236. The van der Waals surface area contributed by atoms with Gasteiger partial charge in [-0.15, -0.1) is 0 Å². The molecule has 0 bridgehead atoms. The minimum Gasteiger partial charge on any atom is -0.375 e. The summed E-state index contributed by atoms with van der Waals surface area (Å²) in [5.74, 6) is 6.34. The summed E-state index contributed by atoms with van der Waals surface area (Å²) in [6.07, 6.45) is 2.64. The highest BCUT2D eigenvalue weighted by molar-refractivity contribution is 5.80. The van der Waals surface area contributed by atoms with Crippen molar-refractivity contribution in [2.75, 3.05) is 13.2 Å². The van der Waals surface area contributed by atoms with Crippen molar-refractivity contribution in [2.24, 2.45) is 10.8 Å². The van der Waals surface area contributed by atoms with Gasteiger partial charge in [0.1, 0.15) is 0 Å². The molecule has 0 aromatic carbocycles. The van der Waals surface area contributed by atoms with Crippen molar-refractivity contribution < 1.29 is 4.74 Å². The molecule has 1 saturated heterocycles. The van der Waals surface area contributed by atoms with Gasteiger partial charge in [0, 0.05) is 6.54 Å². The van der Waals surface area contributed by atoms with Gasteiger partial charge in [0.25, 0.3) is 0 Å². The standard InChI is InChI=1S/C10H20N4O/c1-7-6-15-8(2)5-14(7)10(13-11)12-9-3-4-9/h7-9H,3-6,11H2,1-2H3,(H,12,13). The number of nitrogens with one attached hydrogen (secondary N) is 1. The Kier molecular flexibility index (Phi) is 3.11. The molecule has 5 heteroatoms. The summed E-state index contributed by atoms with van der Waals surface area (Å²) in [7, 11) is 0. The molecule has 1 saturated carbocycles. The Morgan fingerprint density at radius 3 is 2.80 bits per heavy atom. The van der Waals surface area contributed by atoms with Crippen molar-refractivity contribution in [1.29, 1.82) is 0 Å². The van der Waals surface area contributed by atoms with Gasteiger partial charge in [0.05, 0.1) is 24.8 Å². The molecular weight excluding hydrogens is 192 g/mol. The van der Waals surface area contributed by atoms with Crippen LogP contribution < -0.4 is 11.3 Å². The van der Waals surface area contributed by atoms with Crippen molar-refractivity contribution in [3.63, 3.8) is 0 Å². The fourth-order valence-electron chi connectivity index (χ4n) is 1.77. The van der Waals surface area contributed by atoms with E-state index in [0.29, 0.717) is 12.1 Å². The van der Waals surface area contributed by atoms with E-state index in [-0.39, 0.29) is 6.10 Å². The first kappa shape index (κ1) is 10.7. The summed E-state index contributed by atoms with van der Waals surface area (Å²) in [4.78, 5) is 6.77. The van der Waals surface area contributed by atoms with E-state index in [1.54, 1.807) is 0 Å². The molecule has 2 atom stereocenters. The molecule has 0 aromatic rings. The van der Waals surface area contributed by atoms with E-state index in [1.807, 2.05) is 0 Å². The summed E-state index contributed by atoms with van der Waals surface area (Å²) < 4.78 is 5.57. The minimum atomic E-state index is 0.249. The lowest BCUT2D eigenvalue weighted by Gasteiger charge is -2.38. The minimum absolute atomic E-state index is 0.249. The fraction of sp³-hybridized carbons (Fsp3) is 0.900. The van der Waals surface area contributed by atoms with Crippen molar-refractivity contribution in [1.82, 2.24) is 10.3 Å². The van der Waals surface area contributed by atoms with Crippen LogP contribution in [0.3, 0.4) is 0 Å². The molecule has 15 heavy (non-hydrogen) atoms. The van der Waals surface area contributed by atoms with E-state index < -0.39 is 0 Å². The van der Waals surface area contributed by atoms with Gasteiger partial charge in [-0.2, -0.15) is 0 Å². The van der Waals surface area contributed by atoms with Crippen LogP contribution in [0, 0.1) is 0 Å². The van der Waals surface area contributed by atoms with Gasteiger partial charge in [0.2, 0.25) is 5.96 Å². The number of aliphatic imine (C=N–C) groups is 1. The van der Waals surface area contributed by atoms with Crippen molar-refractivity contribution >= 4 is 5.96 Å². The molecule has 2 aliphatic rings. The van der Waals surface area contributed by atoms with E-state index in [9.17, 15) is 0 Å². The molecule has 1 heterocycles. The van der Waals surface area contributed by atoms with Crippen molar-refractivity contribution in [2.45, 2.75) is 44.9 Å². The van der Waals surface area contributed by atoms with E-state index >= 15 is 0 Å². The highest BCUT2D eigenvalue weighted by Gasteiger charge is 2.28. The zero-order chi connectivity index (χ0) is 10.8. The Labute approximate surface area is 90.6 Å². The second-order valence-electron chi connectivity index (χ2n) is 4.47. The third-order valence-corrected chi connectivity index (χ3v) is 2.86. The molecule has 86 valence electrons. The van der Waals surface area contributed by atoms with Crippen LogP contribution in [-0.2, 0) is 4.74 Å². The van der Waals surface area contributed by atoms with Gasteiger partial charge in [-0.05, 0) is 26.7 Å². The molecule has 2 fully saturated rings. The Morgan fingerprint density at radius 2 is 2.20 bits per heavy atom. The predicted molar refractivity (Wildman–Crippen MR) is 59.4 cm³/mol. The van der Waals surface area contributed by atoms with Gasteiger partial charge in [-0.1, -0.05) is 0 Å². The normalized spacial score (nSPS) is 33.0. The summed E-state index contributed by atoms with van der Waals surface area (Å²) in [5.41, 5.74) is 2.71. The summed E-state index contributed by atoms with van der Waals surface area (Å²) >= 11 is 0. The molecule has 2 rings (SSSR count). The number of ether oxygens (including phenoxy) is 1. The Morgan fingerprint density at radius 1 is 1.47 bits per heavy atom.